The van der Waals surface area contributed by atoms with Crippen LogP contribution in [0.1, 0.15) is 55.8 Å². The monoisotopic (exact) mass is 557 g/mol. The third-order valence-electron chi connectivity index (χ3n) is 5.88. The molecule has 0 aliphatic heterocycles. The summed E-state index contributed by atoms with van der Waals surface area (Å²) in [6.45, 7) is 5.28. The van der Waals surface area contributed by atoms with Crippen molar-refractivity contribution in [2.75, 3.05) is 10.5 Å². The van der Waals surface area contributed by atoms with Gasteiger partial charge in [0.2, 0.25) is 5.78 Å². The average molecular weight is 558 g/mol. The van der Waals surface area contributed by atoms with Gasteiger partial charge in [0.05, 0.1) is 16.8 Å². The quantitative estimate of drug-likeness (QED) is 0.0927. The van der Waals surface area contributed by atoms with E-state index in [0.717, 1.165) is 18.1 Å². The number of anilines is 1. The van der Waals surface area contributed by atoms with Crippen molar-refractivity contribution in [1.82, 2.24) is 9.55 Å². The number of nitrogens with zero attached hydrogens (tertiary/aromatic N) is 2. The van der Waals surface area contributed by atoms with Gasteiger partial charge in [-0.2, -0.15) is 0 Å². The summed E-state index contributed by atoms with van der Waals surface area (Å²) in [5, 5.41) is 0.923. The lowest BCUT2D eigenvalue weighted by atomic mass is 10.00. The number of esters is 1. The highest BCUT2D eigenvalue weighted by Crippen LogP contribution is 2.33. The zero-order valence-corrected chi connectivity index (χ0v) is 22.6. The second kappa shape index (κ2) is 12.0. The number of benzene rings is 2. The van der Waals surface area contributed by atoms with Crippen LogP contribution in [0.4, 0.5) is 14.5 Å². The van der Waals surface area contributed by atoms with Crippen molar-refractivity contribution in [3.05, 3.63) is 82.6 Å². The summed E-state index contributed by atoms with van der Waals surface area (Å²) in [4.78, 5) is 30.2. The topological polar surface area (TPSA) is 73.2 Å². The largest absolute Gasteiger partial charge is 0.441 e. The molecule has 6 nitrogen and oxygen atoms in total. The van der Waals surface area contributed by atoms with Crippen LogP contribution in [-0.4, -0.2) is 27.1 Å². The Morgan fingerprint density at radius 2 is 1.87 bits per heavy atom. The number of carbonyl (C=O) groups is 2. The smallest absolute Gasteiger partial charge is 0.307 e. The number of carbonyl (C=O) groups excluding carboxylic acids is 2. The summed E-state index contributed by atoms with van der Waals surface area (Å²) in [5.74, 6) is -2.54. The minimum absolute atomic E-state index is 0.0159. The van der Waals surface area contributed by atoms with Gasteiger partial charge in [-0.1, -0.05) is 49.5 Å². The number of rotatable bonds is 10. The van der Waals surface area contributed by atoms with Crippen LogP contribution in [0, 0.1) is 11.6 Å². The highest BCUT2D eigenvalue weighted by atomic mass is 35.5. The van der Waals surface area contributed by atoms with E-state index >= 15 is 4.39 Å². The van der Waals surface area contributed by atoms with Gasteiger partial charge in [0.1, 0.15) is 11.5 Å². The van der Waals surface area contributed by atoms with Crippen LogP contribution in [0.5, 0.6) is 0 Å². The highest BCUT2D eigenvalue weighted by Gasteiger charge is 2.27. The molecule has 2 heterocycles. The van der Waals surface area contributed by atoms with E-state index < -0.39 is 35.2 Å². The van der Waals surface area contributed by atoms with E-state index in [4.69, 9.17) is 16.3 Å². The van der Waals surface area contributed by atoms with E-state index in [1.165, 1.54) is 28.8 Å². The van der Waals surface area contributed by atoms with Crippen molar-refractivity contribution in [3.63, 3.8) is 0 Å². The first-order valence-corrected chi connectivity index (χ1v) is 13.5. The number of ketones is 1. The predicted octanol–water partition coefficient (Wildman–Crippen LogP) is 7.81. The molecule has 0 radical (unpaired) electrons. The maximum atomic E-state index is 15.4. The molecule has 1 N–H and O–H groups in total. The summed E-state index contributed by atoms with van der Waals surface area (Å²) >= 11 is 7.29. The fraction of sp³-hybridized carbons (Fsp3) is 0.250. The zero-order valence-electron chi connectivity index (χ0n) is 21.1. The van der Waals surface area contributed by atoms with Crippen LogP contribution in [0.25, 0.3) is 22.2 Å². The van der Waals surface area contributed by atoms with Crippen molar-refractivity contribution in [1.29, 1.82) is 0 Å². The Kier molecular flexibility index (Phi) is 8.69. The zero-order chi connectivity index (χ0) is 27.4. The second-order valence-corrected chi connectivity index (χ2v) is 9.90. The van der Waals surface area contributed by atoms with Crippen LogP contribution in [-0.2, 0) is 9.53 Å². The molecule has 2 aromatic heterocycles. The summed E-state index contributed by atoms with van der Waals surface area (Å²) < 4.78 is 40.1. The van der Waals surface area contributed by atoms with Gasteiger partial charge < -0.3 is 9.46 Å². The Bertz CT molecular complexity index is 1490. The van der Waals surface area contributed by atoms with Gasteiger partial charge in [-0.25, -0.2) is 13.8 Å². The lowest BCUT2D eigenvalue weighted by Gasteiger charge is -2.15. The molecule has 4 rings (SSSR count). The van der Waals surface area contributed by atoms with E-state index in [-0.39, 0.29) is 17.7 Å². The van der Waals surface area contributed by atoms with Crippen molar-refractivity contribution >= 4 is 52.0 Å². The molecule has 0 bridgehead atoms. The number of ether oxygens (including phenoxy) is 1. The van der Waals surface area contributed by atoms with Crippen LogP contribution in [0.2, 0.25) is 5.02 Å². The Labute approximate surface area is 228 Å². The fourth-order valence-corrected chi connectivity index (χ4v) is 4.67. The number of halogens is 3. The molecule has 0 saturated heterocycles. The third-order valence-corrected chi connectivity index (χ3v) is 7.11. The molecule has 0 saturated carbocycles. The van der Waals surface area contributed by atoms with Crippen LogP contribution in [0.15, 0.2) is 54.9 Å². The first-order chi connectivity index (χ1) is 18.2. The van der Waals surface area contributed by atoms with Crippen LogP contribution >= 0.6 is 23.5 Å². The molecule has 0 amide bonds. The highest BCUT2D eigenvalue weighted by molar-refractivity contribution is 8.00. The molecule has 1 unspecified atom stereocenters. The van der Waals surface area contributed by atoms with Gasteiger partial charge >= 0.3 is 5.97 Å². The molecule has 1 atom stereocenters. The first kappa shape index (κ1) is 27.6. The minimum atomic E-state index is -0.980. The summed E-state index contributed by atoms with van der Waals surface area (Å²) in [5.41, 5.74) is 1.15. The van der Waals surface area contributed by atoms with Crippen LogP contribution in [0.3, 0.4) is 0 Å². The van der Waals surface area contributed by atoms with Gasteiger partial charge in [-0.3, -0.25) is 14.2 Å². The number of nitrogens with one attached hydrogen (secondary N) is 1. The van der Waals surface area contributed by atoms with E-state index in [0.29, 0.717) is 27.4 Å². The molecule has 0 aliphatic carbocycles. The van der Waals surface area contributed by atoms with E-state index in [1.54, 1.807) is 50.4 Å². The Morgan fingerprint density at radius 3 is 2.55 bits per heavy atom. The number of aromatic nitrogens is 2. The first-order valence-electron chi connectivity index (χ1n) is 12.1. The standard InChI is InChI=1S/C28H26ClF2N3O3S/c1-4-12-38-33-23-11-10-22(30)25(26(23)31)27(36)21-15-34(16(3)37-24(35)5-2)28-20(21)13-18(14-32-28)17-6-8-19(29)9-7-17/h6-11,13-16,33H,4-5,12H2,1-3H3. The molecule has 2 aromatic carbocycles. The fourth-order valence-electron chi connectivity index (χ4n) is 3.92. The average Bonchev–Trinajstić information content (AvgIpc) is 3.29. The third kappa shape index (κ3) is 5.68. The van der Waals surface area contributed by atoms with E-state index in [2.05, 4.69) is 9.71 Å². The van der Waals surface area contributed by atoms with Crippen molar-refractivity contribution < 1.29 is 23.1 Å². The van der Waals surface area contributed by atoms with E-state index in [1.807, 2.05) is 6.92 Å². The minimum Gasteiger partial charge on any atom is -0.441 e. The predicted molar refractivity (Wildman–Crippen MR) is 147 cm³/mol. The van der Waals surface area contributed by atoms with Gasteiger partial charge in [0.15, 0.2) is 12.0 Å². The van der Waals surface area contributed by atoms with E-state index in [9.17, 15) is 14.0 Å². The lowest BCUT2D eigenvalue weighted by Crippen LogP contribution is -2.14. The van der Waals surface area contributed by atoms with Gasteiger partial charge in [-0.05, 0) is 49.2 Å². The molecular formula is C28H26ClF2N3O3S. The lowest BCUT2D eigenvalue weighted by molar-refractivity contribution is -0.151. The Morgan fingerprint density at radius 1 is 1.13 bits per heavy atom. The van der Waals surface area contributed by atoms with Crippen LogP contribution < -0.4 is 4.72 Å². The Hall–Kier alpha value is -3.43. The maximum absolute atomic E-state index is 15.4. The van der Waals surface area contributed by atoms with Gasteiger partial charge in [0.25, 0.3) is 0 Å². The molecule has 0 aliphatic rings. The molecule has 4 aromatic rings. The maximum Gasteiger partial charge on any atom is 0.307 e. The molecule has 0 fully saturated rings. The summed E-state index contributed by atoms with van der Waals surface area (Å²) in [6, 6.07) is 11.1. The molecule has 10 heteroatoms. The van der Waals surface area contributed by atoms with Crippen molar-refractivity contribution in [2.24, 2.45) is 0 Å². The van der Waals surface area contributed by atoms with Crippen molar-refractivity contribution in [2.45, 2.75) is 39.8 Å². The second-order valence-electron chi connectivity index (χ2n) is 8.56. The molecule has 0 spiro atoms. The Balaban J connectivity index is 1.86. The summed E-state index contributed by atoms with van der Waals surface area (Å²) in [7, 11) is 0. The normalized spacial score (nSPS) is 11.9. The SMILES string of the molecule is CCCSNc1ccc(F)c(C(=O)c2cn(C(C)OC(=O)CC)c3ncc(-c4ccc(Cl)cc4)cc23)c1F. The molecule has 198 valence electrons. The van der Waals surface area contributed by atoms with Crippen molar-refractivity contribution in [3.8, 4) is 11.1 Å². The number of hydrogen-bond acceptors (Lipinski definition) is 6. The summed E-state index contributed by atoms with van der Waals surface area (Å²) in [6.07, 6.45) is 3.24. The number of pyridine rings is 1. The number of hydrogen-bond donors (Lipinski definition) is 1. The van der Waals surface area contributed by atoms with Gasteiger partial charge in [-0.15, -0.1) is 0 Å². The molecular weight excluding hydrogens is 532 g/mol. The molecule has 38 heavy (non-hydrogen) atoms. The van der Waals surface area contributed by atoms with Gasteiger partial charge in [0, 0.05) is 40.5 Å². The number of fused-ring (bicyclic) bond motifs is 1.